The number of alkyl halides is 3. The van der Waals surface area contributed by atoms with Gasteiger partial charge in [0.1, 0.15) is 17.5 Å². The summed E-state index contributed by atoms with van der Waals surface area (Å²) in [7, 11) is 0. The van der Waals surface area contributed by atoms with Crippen LogP contribution in [0.2, 0.25) is 0 Å². The number of fused-ring (bicyclic) bond motifs is 1. The van der Waals surface area contributed by atoms with Gasteiger partial charge in [-0.15, -0.1) is 0 Å². The molecule has 1 N–H and O–H groups in total. The lowest BCUT2D eigenvalue weighted by Gasteiger charge is -2.38. The van der Waals surface area contributed by atoms with E-state index in [1.54, 1.807) is 6.92 Å². The van der Waals surface area contributed by atoms with E-state index in [2.05, 4.69) is 31.7 Å². The number of nitrogens with zero attached hydrogens (tertiary/aromatic N) is 5. The smallest absolute Gasteiger partial charge is 0.372 e. The van der Waals surface area contributed by atoms with Crippen LogP contribution in [-0.2, 0) is 19.1 Å². The monoisotopic (exact) mass is 488 g/mol. The molecule has 6 nitrogen and oxygen atoms in total. The number of pyridine rings is 1. The van der Waals surface area contributed by atoms with Crippen molar-refractivity contribution in [1.29, 1.82) is 0 Å². The summed E-state index contributed by atoms with van der Waals surface area (Å²) < 4.78 is 53.9. The molecule has 0 unspecified atom stereocenters. The van der Waals surface area contributed by atoms with Crippen molar-refractivity contribution >= 4 is 22.5 Å². The van der Waals surface area contributed by atoms with Gasteiger partial charge in [0.05, 0.1) is 22.3 Å². The van der Waals surface area contributed by atoms with Gasteiger partial charge in [-0.3, -0.25) is 0 Å². The zero-order valence-corrected chi connectivity index (χ0v) is 20.0. The Kier molecular flexibility index (Phi) is 6.82. The predicted molar refractivity (Wildman–Crippen MR) is 129 cm³/mol. The van der Waals surface area contributed by atoms with E-state index in [-0.39, 0.29) is 12.1 Å². The van der Waals surface area contributed by atoms with Gasteiger partial charge < -0.3 is 15.1 Å². The molecule has 1 fully saturated rings. The van der Waals surface area contributed by atoms with Crippen molar-refractivity contribution in [3.05, 3.63) is 65.0 Å². The van der Waals surface area contributed by atoms with Crippen LogP contribution >= 0.6 is 0 Å². The van der Waals surface area contributed by atoms with Crippen molar-refractivity contribution in [2.24, 2.45) is 0 Å². The number of halogens is 4. The van der Waals surface area contributed by atoms with Crippen molar-refractivity contribution in [1.82, 2.24) is 19.9 Å². The Balaban J connectivity index is 1.67. The fourth-order valence-corrected chi connectivity index (χ4v) is 4.30. The van der Waals surface area contributed by atoms with E-state index in [0.29, 0.717) is 29.1 Å². The molecule has 0 atom stereocenters. The third kappa shape index (κ3) is 5.16. The lowest BCUT2D eigenvalue weighted by atomic mass is 10.1. The van der Waals surface area contributed by atoms with Crippen LogP contribution in [0.5, 0.6) is 0 Å². The molecule has 2 aromatic heterocycles. The van der Waals surface area contributed by atoms with Gasteiger partial charge in [0.25, 0.3) is 0 Å². The standard InChI is InChI=1S/C25H28F4N6/c1-5-20-21(35-11-9-34(10-12-35)15(2)3)13-18-23(31-16(4)32-24(18)33-20)30-14-17-7-6-8-19(22(17)26)25(27,28)29/h6-8,13H,2,5,9-12,14H2,1,3-4H3,(H,30,31,32,33). The van der Waals surface area contributed by atoms with E-state index in [1.165, 1.54) is 12.1 Å². The first-order valence-electron chi connectivity index (χ1n) is 11.5. The lowest BCUT2D eigenvalue weighted by molar-refractivity contribution is -0.140. The molecule has 0 amide bonds. The highest BCUT2D eigenvalue weighted by atomic mass is 19.4. The number of allylic oxidation sites excluding steroid dienone is 1. The minimum absolute atomic E-state index is 0.0986. The Morgan fingerprint density at radius 1 is 1.11 bits per heavy atom. The van der Waals surface area contributed by atoms with Crippen LogP contribution in [-0.4, -0.2) is 46.0 Å². The van der Waals surface area contributed by atoms with Crippen LogP contribution < -0.4 is 10.2 Å². The molecule has 186 valence electrons. The maximum atomic E-state index is 14.5. The highest BCUT2D eigenvalue weighted by Gasteiger charge is 2.34. The topological polar surface area (TPSA) is 57.2 Å². The molecule has 1 aliphatic rings. The zero-order valence-electron chi connectivity index (χ0n) is 20.0. The van der Waals surface area contributed by atoms with Crippen LogP contribution in [0.1, 0.15) is 36.5 Å². The number of rotatable bonds is 6. The second kappa shape index (κ2) is 9.67. The molecule has 1 saturated heterocycles. The van der Waals surface area contributed by atoms with Gasteiger partial charge in [-0.2, -0.15) is 13.2 Å². The van der Waals surface area contributed by atoms with Crippen molar-refractivity contribution in [2.75, 3.05) is 36.4 Å². The molecule has 0 radical (unpaired) electrons. The van der Waals surface area contributed by atoms with Gasteiger partial charge in [0.2, 0.25) is 0 Å². The molecule has 0 saturated carbocycles. The van der Waals surface area contributed by atoms with Crippen LogP contribution in [0, 0.1) is 12.7 Å². The average Bonchev–Trinajstić information content (AvgIpc) is 2.81. The Bertz CT molecular complexity index is 1250. The molecule has 0 aliphatic carbocycles. The molecule has 4 rings (SSSR count). The molecular weight excluding hydrogens is 460 g/mol. The van der Waals surface area contributed by atoms with Crippen LogP contribution in [0.25, 0.3) is 11.0 Å². The largest absolute Gasteiger partial charge is 0.419 e. The second-order valence-electron chi connectivity index (χ2n) is 8.64. The number of hydrogen-bond donors (Lipinski definition) is 1. The fourth-order valence-electron chi connectivity index (χ4n) is 4.30. The van der Waals surface area contributed by atoms with E-state index >= 15 is 0 Å². The van der Waals surface area contributed by atoms with Gasteiger partial charge in [0, 0.05) is 44.0 Å². The summed E-state index contributed by atoms with van der Waals surface area (Å²) >= 11 is 0. The van der Waals surface area contributed by atoms with E-state index < -0.39 is 17.6 Å². The molecule has 10 heteroatoms. The minimum Gasteiger partial charge on any atom is -0.372 e. The summed E-state index contributed by atoms with van der Waals surface area (Å²) in [4.78, 5) is 18.2. The first kappa shape index (κ1) is 24.7. The first-order chi connectivity index (χ1) is 16.6. The Labute approximate surface area is 201 Å². The van der Waals surface area contributed by atoms with Gasteiger partial charge in [-0.05, 0) is 32.4 Å². The van der Waals surface area contributed by atoms with Gasteiger partial charge in [0.15, 0.2) is 5.65 Å². The lowest BCUT2D eigenvalue weighted by Crippen LogP contribution is -2.45. The predicted octanol–water partition coefficient (Wildman–Crippen LogP) is 5.32. The third-order valence-electron chi connectivity index (χ3n) is 6.18. The maximum Gasteiger partial charge on any atom is 0.419 e. The number of anilines is 2. The quantitative estimate of drug-likeness (QED) is 0.474. The van der Waals surface area contributed by atoms with Crippen LogP contribution in [0.15, 0.2) is 36.5 Å². The third-order valence-corrected chi connectivity index (χ3v) is 6.18. The SMILES string of the molecule is C=C(C)N1CCN(c2cc3c(NCc4cccc(C(F)(F)F)c4F)nc(C)nc3nc2CC)CC1. The Hall–Kier alpha value is -3.43. The molecule has 35 heavy (non-hydrogen) atoms. The molecule has 0 bridgehead atoms. The molecule has 0 spiro atoms. The number of hydrogen-bond acceptors (Lipinski definition) is 6. The van der Waals surface area contributed by atoms with E-state index in [9.17, 15) is 17.6 Å². The van der Waals surface area contributed by atoms with Crippen LogP contribution in [0.4, 0.5) is 29.1 Å². The summed E-state index contributed by atoms with van der Waals surface area (Å²) in [5.74, 6) is -0.423. The van der Waals surface area contributed by atoms with Crippen molar-refractivity contribution in [3.8, 4) is 0 Å². The summed E-state index contributed by atoms with van der Waals surface area (Å²) in [5, 5.41) is 3.65. The Morgan fingerprint density at radius 2 is 1.83 bits per heavy atom. The number of aromatic nitrogens is 3. The van der Waals surface area contributed by atoms with Gasteiger partial charge >= 0.3 is 6.18 Å². The minimum atomic E-state index is -4.76. The van der Waals surface area contributed by atoms with Crippen molar-refractivity contribution in [3.63, 3.8) is 0 Å². The molecule has 3 aromatic rings. The molecule has 1 aromatic carbocycles. The molecular formula is C25H28F4N6. The van der Waals surface area contributed by atoms with Gasteiger partial charge in [-0.25, -0.2) is 19.3 Å². The molecule has 1 aliphatic heterocycles. The van der Waals surface area contributed by atoms with Crippen molar-refractivity contribution in [2.45, 2.75) is 39.9 Å². The number of piperazine rings is 1. The first-order valence-corrected chi connectivity index (χ1v) is 11.5. The highest BCUT2D eigenvalue weighted by molar-refractivity contribution is 5.89. The maximum absolute atomic E-state index is 14.5. The zero-order chi connectivity index (χ0) is 25.3. The average molecular weight is 489 g/mol. The fraction of sp³-hybridized carbons (Fsp3) is 0.400. The number of aryl methyl sites for hydroxylation is 2. The summed E-state index contributed by atoms with van der Waals surface area (Å²) in [6.45, 7) is 12.9. The second-order valence-corrected chi connectivity index (χ2v) is 8.64. The number of benzene rings is 1. The van der Waals surface area contributed by atoms with E-state index in [0.717, 1.165) is 49.3 Å². The summed E-state index contributed by atoms with van der Waals surface area (Å²) in [5.41, 5.74) is 2.03. The van der Waals surface area contributed by atoms with E-state index in [1.807, 2.05) is 19.9 Å². The highest BCUT2D eigenvalue weighted by Crippen LogP contribution is 2.33. The number of nitrogens with one attached hydrogen (secondary N) is 1. The van der Waals surface area contributed by atoms with Crippen LogP contribution in [0.3, 0.4) is 0 Å². The van der Waals surface area contributed by atoms with Crippen molar-refractivity contribution < 1.29 is 17.6 Å². The summed E-state index contributed by atoms with van der Waals surface area (Å²) in [6.07, 6.45) is -4.05. The van der Waals surface area contributed by atoms with Gasteiger partial charge in [-0.1, -0.05) is 25.6 Å². The molecule has 3 heterocycles. The van der Waals surface area contributed by atoms with E-state index in [4.69, 9.17) is 4.98 Å². The Morgan fingerprint density at radius 3 is 2.46 bits per heavy atom. The normalized spacial score (nSPS) is 14.5. The summed E-state index contributed by atoms with van der Waals surface area (Å²) in [6, 6.07) is 5.23.